The molecule has 2 heterocycles. The molecule has 0 aliphatic carbocycles. The van der Waals surface area contributed by atoms with E-state index >= 15 is 0 Å². The average Bonchev–Trinajstić information content (AvgIpc) is 2.84. The summed E-state index contributed by atoms with van der Waals surface area (Å²) in [6, 6.07) is 11.6. The third-order valence-electron chi connectivity index (χ3n) is 6.66. The van der Waals surface area contributed by atoms with Crippen molar-refractivity contribution in [3.05, 3.63) is 75.3 Å². The van der Waals surface area contributed by atoms with Crippen molar-refractivity contribution >= 4 is 28.6 Å². The van der Waals surface area contributed by atoms with Crippen LogP contribution < -0.4 is 5.56 Å². The van der Waals surface area contributed by atoms with Gasteiger partial charge in [0.15, 0.2) is 5.78 Å². The SMILES string of the molecule is Cc1cccc2c(=O)[nH]c(CC(C)CC(=O)N3CCC(C(=O)c4cccc(C(=O)O)c4)CC3)nc12. The number of nitrogens with zero attached hydrogens (tertiary/aromatic N) is 2. The van der Waals surface area contributed by atoms with Crippen LogP contribution in [0.5, 0.6) is 0 Å². The summed E-state index contributed by atoms with van der Waals surface area (Å²) in [5.41, 5.74) is 1.94. The Kier molecular flexibility index (Phi) is 7.10. The molecule has 1 saturated heterocycles. The Hall–Kier alpha value is -3.81. The van der Waals surface area contributed by atoms with Crippen LogP contribution in [0.1, 0.15) is 58.3 Å². The number of Topliss-reactive ketones (excluding diaryl/α,β-unsaturated/α-hetero) is 1. The Morgan fingerprint density at radius 1 is 1.11 bits per heavy atom. The van der Waals surface area contributed by atoms with Crippen molar-refractivity contribution in [3.63, 3.8) is 0 Å². The van der Waals surface area contributed by atoms with E-state index in [0.717, 1.165) is 5.56 Å². The number of aryl methyl sites for hydroxylation is 1. The maximum Gasteiger partial charge on any atom is 0.335 e. The Balaban J connectivity index is 1.33. The summed E-state index contributed by atoms with van der Waals surface area (Å²) < 4.78 is 0. The summed E-state index contributed by atoms with van der Waals surface area (Å²) in [6.07, 6.45) is 1.92. The lowest BCUT2D eigenvalue weighted by atomic mass is 9.88. The van der Waals surface area contributed by atoms with Crippen LogP contribution in [0.3, 0.4) is 0 Å². The molecule has 1 aliphatic heterocycles. The normalized spacial score (nSPS) is 15.2. The molecule has 8 nitrogen and oxygen atoms in total. The van der Waals surface area contributed by atoms with Crippen LogP contribution in [0.25, 0.3) is 10.9 Å². The van der Waals surface area contributed by atoms with E-state index in [2.05, 4.69) is 9.97 Å². The van der Waals surface area contributed by atoms with Crippen LogP contribution >= 0.6 is 0 Å². The van der Waals surface area contributed by atoms with Crippen molar-refractivity contribution < 1.29 is 19.5 Å². The Morgan fingerprint density at radius 2 is 1.80 bits per heavy atom. The van der Waals surface area contributed by atoms with Gasteiger partial charge in [-0.2, -0.15) is 0 Å². The van der Waals surface area contributed by atoms with E-state index < -0.39 is 5.97 Å². The molecule has 2 aromatic carbocycles. The number of carboxylic acids is 1. The van der Waals surface area contributed by atoms with Gasteiger partial charge in [0, 0.05) is 37.4 Å². The van der Waals surface area contributed by atoms with Crippen LogP contribution in [-0.4, -0.2) is 50.7 Å². The van der Waals surface area contributed by atoms with Crippen molar-refractivity contribution in [2.45, 2.75) is 39.5 Å². The van der Waals surface area contributed by atoms with Gasteiger partial charge in [-0.1, -0.05) is 31.2 Å². The summed E-state index contributed by atoms with van der Waals surface area (Å²) in [5, 5.41) is 9.72. The first-order valence-electron chi connectivity index (χ1n) is 11.9. The lowest BCUT2D eigenvalue weighted by Crippen LogP contribution is -2.41. The number of hydrogen-bond donors (Lipinski definition) is 2. The third kappa shape index (κ3) is 5.48. The number of likely N-dealkylation sites (tertiary alicyclic amines) is 1. The summed E-state index contributed by atoms with van der Waals surface area (Å²) in [5.74, 6) is -0.774. The standard InChI is InChI=1S/C27H29N3O5/c1-16(13-22-28-24-17(2)5-3-8-21(24)26(33)29-22)14-23(31)30-11-9-18(10-12-30)25(32)19-6-4-7-20(15-19)27(34)35/h3-8,15-16,18H,9-14H2,1-2H3,(H,34,35)(H,28,29,33). The molecule has 8 heteroatoms. The summed E-state index contributed by atoms with van der Waals surface area (Å²) in [6.45, 7) is 4.87. The number of fused-ring (bicyclic) bond motifs is 1. The number of rotatable bonds is 7. The maximum absolute atomic E-state index is 12.9. The second kappa shape index (κ2) is 10.2. The Bertz CT molecular complexity index is 1340. The van der Waals surface area contributed by atoms with E-state index in [1.807, 2.05) is 26.0 Å². The minimum absolute atomic E-state index is 0.00904. The van der Waals surface area contributed by atoms with Crippen molar-refractivity contribution in [2.24, 2.45) is 11.8 Å². The van der Waals surface area contributed by atoms with Crippen molar-refractivity contribution in [2.75, 3.05) is 13.1 Å². The molecule has 0 bridgehead atoms. The molecular weight excluding hydrogens is 446 g/mol. The van der Waals surface area contributed by atoms with E-state index in [1.165, 1.54) is 12.1 Å². The van der Waals surface area contributed by atoms with E-state index in [-0.39, 0.29) is 34.6 Å². The number of carbonyl (C=O) groups excluding carboxylic acids is 2. The molecule has 1 unspecified atom stereocenters. The minimum Gasteiger partial charge on any atom is -0.478 e. The van der Waals surface area contributed by atoms with Gasteiger partial charge in [-0.05, 0) is 49.4 Å². The average molecular weight is 476 g/mol. The lowest BCUT2D eigenvalue weighted by molar-refractivity contribution is -0.133. The topological polar surface area (TPSA) is 120 Å². The van der Waals surface area contributed by atoms with E-state index in [9.17, 15) is 19.2 Å². The first-order chi connectivity index (χ1) is 16.7. The molecule has 0 radical (unpaired) electrons. The van der Waals surface area contributed by atoms with Crippen molar-refractivity contribution in [1.29, 1.82) is 0 Å². The molecule has 1 fully saturated rings. The monoisotopic (exact) mass is 475 g/mol. The van der Waals surface area contributed by atoms with Gasteiger partial charge in [0.1, 0.15) is 5.82 Å². The Labute approximate surface area is 203 Å². The fraction of sp³-hybridized carbons (Fsp3) is 0.370. The molecule has 3 aromatic rings. The highest BCUT2D eigenvalue weighted by atomic mass is 16.4. The van der Waals surface area contributed by atoms with Crippen molar-refractivity contribution in [1.82, 2.24) is 14.9 Å². The molecule has 1 amide bonds. The predicted molar refractivity (Wildman–Crippen MR) is 132 cm³/mol. The van der Waals surface area contributed by atoms with E-state index in [1.54, 1.807) is 23.1 Å². The van der Waals surface area contributed by atoms with Gasteiger partial charge in [0.05, 0.1) is 16.5 Å². The van der Waals surface area contributed by atoms with Gasteiger partial charge < -0.3 is 15.0 Å². The second-order valence-electron chi connectivity index (χ2n) is 9.40. The summed E-state index contributed by atoms with van der Waals surface area (Å²) in [4.78, 5) is 58.6. The predicted octanol–water partition coefficient (Wildman–Crippen LogP) is 3.62. The number of para-hydroxylation sites is 1. The van der Waals surface area contributed by atoms with E-state index in [0.29, 0.717) is 61.1 Å². The van der Waals surface area contributed by atoms with Gasteiger partial charge in [0.2, 0.25) is 5.91 Å². The number of benzene rings is 2. The van der Waals surface area contributed by atoms with Gasteiger partial charge >= 0.3 is 5.97 Å². The number of amides is 1. The number of piperidine rings is 1. The highest BCUT2D eigenvalue weighted by Crippen LogP contribution is 2.24. The fourth-order valence-corrected chi connectivity index (χ4v) is 4.71. The van der Waals surface area contributed by atoms with Gasteiger partial charge in [-0.15, -0.1) is 0 Å². The summed E-state index contributed by atoms with van der Waals surface area (Å²) in [7, 11) is 0. The molecule has 35 heavy (non-hydrogen) atoms. The molecule has 1 aliphatic rings. The number of H-pyrrole nitrogens is 1. The number of aromatic nitrogens is 2. The quantitative estimate of drug-likeness (QED) is 0.504. The van der Waals surface area contributed by atoms with Crippen LogP contribution in [0.2, 0.25) is 0 Å². The van der Waals surface area contributed by atoms with Crippen LogP contribution in [0, 0.1) is 18.8 Å². The van der Waals surface area contributed by atoms with Crippen LogP contribution in [-0.2, 0) is 11.2 Å². The number of hydrogen-bond acceptors (Lipinski definition) is 5. The Morgan fingerprint density at radius 3 is 2.51 bits per heavy atom. The first-order valence-corrected chi connectivity index (χ1v) is 11.9. The minimum atomic E-state index is -1.06. The largest absolute Gasteiger partial charge is 0.478 e. The number of carboxylic acid groups (broad SMARTS) is 1. The summed E-state index contributed by atoms with van der Waals surface area (Å²) >= 11 is 0. The van der Waals surface area contributed by atoms with Crippen LogP contribution in [0.4, 0.5) is 0 Å². The number of nitrogens with one attached hydrogen (secondary N) is 1. The maximum atomic E-state index is 12.9. The third-order valence-corrected chi connectivity index (χ3v) is 6.66. The van der Waals surface area contributed by atoms with Crippen LogP contribution in [0.15, 0.2) is 47.3 Å². The number of aromatic amines is 1. The second-order valence-corrected chi connectivity index (χ2v) is 9.40. The molecule has 1 atom stereocenters. The fourth-order valence-electron chi connectivity index (χ4n) is 4.71. The highest BCUT2D eigenvalue weighted by Gasteiger charge is 2.29. The molecule has 4 rings (SSSR count). The molecular formula is C27H29N3O5. The van der Waals surface area contributed by atoms with Gasteiger partial charge in [-0.25, -0.2) is 9.78 Å². The first kappa shape index (κ1) is 24.3. The number of carbonyl (C=O) groups is 3. The van der Waals surface area contributed by atoms with E-state index in [4.69, 9.17) is 5.11 Å². The van der Waals surface area contributed by atoms with Gasteiger partial charge in [0.25, 0.3) is 5.56 Å². The zero-order valence-electron chi connectivity index (χ0n) is 19.9. The molecule has 1 aromatic heterocycles. The molecule has 0 saturated carbocycles. The lowest BCUT2D eigenvalue weighted by Gasteiger charge is -2.32. The number of aromatic carboxylic acids is 1. The zero-order chi connectivity index (χ0) is 25.1. The zero-order valence-corrected chi connectivity index (χ0v) is 19.9. The number of ketones is 1. The van der Waals surface area contributed by atoms with Gasteiger partial charge in [-0.3, -0.25) is 14.4 Å². The van der Waals surface area contributed by atoms with Crippen molar-refractivity contribution in [3.8, 4) is 0 Å². The molecule has 2 N–H and O–H groups in total. The molecule has 0 spiro atoms. The highest BCUT2D eigenvalue weighted by molar-refractivity contribution is 6.00. The molecule has 182 valence electrons. The smallest absolute Gasteiger partial charge is 0.335 e.